The standard InChI is InChI=1S/C14H25N3O2/c1-5-16-10-13(9-15-16)12(4)17(11(2)3)8-6-7-14(18)19/h9-12H,5-8H2,1-4H3,(H,18,19). The first-order chi connectivity index (χ1) is 8.95. The number of hydrogen-bond acceptors (Lipinski definition) is 3. The Labute approximate surface area is 115 Å². The summed E-state index contributed by atoms with van der Waals surface area (Å²) in [6.45, 7) is 10.2. The van der Waals surface area contributed by atoms with Crippen LogP contribution in [-0.4, -0.2) is 38.3 Å². The molecule has 1 heterocycles. The highest BCUT2D eigenvalue weighted by molar-refractivity contribution is 5.66. The normalized spacial score (nSPS) is 13.2. The van der Waals surface area contributed by atoms with Crippen LogP contribution in [0.25, 0.3) is 0 Å². The van der Waals surface area contributed by atoms with E-state index in [1.54, 1.807) is 0 Å². The molecule has 1 N–H and O–H groups in total. The van der Waals surface area contributed by atoms with Gasteiger partial charge < -0.3 is 5.11 Å². The minimum atomic E-state index is -0.727. The van der Waals surface area contributed by atoms with E-state index >= 15 is 0 Å². The van der Waals surface area contributed by atoms with Crippen molar-refractivity contribution in [3.05, 3.63) is 18.0 Å². The first-order valence-corrected chi connectivity index (χ1v) is 6.95. The zero-order valence-corrected chi connectivity index (χ0v) is 12.3. The van der Waals surface area contributed by atoms with Gasteiger partial charge in [0.05, 0.1) is 6.20 Å². The molecule has 108 valence electrons. The summed E-state index contributed by atoms with van der Waals surface area (Å²) < 4.78 is 1.92. The zero-order chi connectivity index (χ0) is 14.4. The third-order valence-corrected chi connectivity index (χ3v) is 3.43. The van der Waals surface area contributed by atoms with E-state index in [-0.39, 0.29) is 12.5 Å². The molecule has 1 aromatic heterocycles. The van der Waals surface area contributed by atoms with E-state index in [0.29, 0.717) is 12.5 Å². The average Bonchev–Trinajstić information content (AvgIpc) is 2.81. The molecule has 1 unspecified atom stereocenters. The maximum Gasteiger partial charge on any atom is 0.303 e. The first kappa shape index (κ1) is 15.7. The Morgan fingerprint density at radius 3 is 2.63 bits per heavy atom. The Kier molecular flexibility index (Phi) is 6.02. The van der Waals surface area contributed by atoms with E-state index in [9.17, 15) is 4.79 Å². The molecule has 1 aromatic rings. The van der Waals surface area contributed by atoms with Gasteiger partial charge in [-0.1, -0.05) is 0 Å². The molecular weight excluding hydrogens is 242 g/mol. The highest BCUT2D eigenvalue weighted by Crippen LogP contribution is 2.22. The van der Waals surface area contributed by atoms with Gasteiger partial charge in [-0.05, 0) is 40.7 Å². The number of aliphatic carboxylic acids is 1. The molecule has 0 bridgehead atoms. The Balaban J connectivity index is 2.66. The molecule has 1 rings (SSSR count). The number of rotatable bonds is 8. The Hall–Kier alpha value is -1.36. The van der Waals surface area contributed by atoms with Crippen molar-refractivity contribution in [1.82, 2.24) is 14.7 Å². The van der Waals surface area contributed by atoms with Crippen molar-refractivity contribution in [3.8, 4) is 0 Å². The van der Waals surface area contributed by atoms with E-state index in [1.807, 2.05) is 10.9 Å². The SMILES string of the molecule is CCn1cc(C(C)N(CCCC(=O)O)C(C)C)cn1. The molecule has 0 amide bonds. The fourth-order valence-electron chi connectivity index (χ4n) is 2.27. The van der Waals surface area contributed by atoms with Gasteiger partial charge in [0.1, 0.15) is 0 Å². The largest absolute Gasteiger partial charge is 0.481 e. The minimum Gasteiger partial charge on any atom is -0.481 e. The number of nitrogens with zero attached hydrogens (tertiary/aromatic N) is 3. The number of aryl methyl sites for hydroxylation is 1. The summed E-state index contributed by atoms with van der Waals surface area (Å²) in [5.41, 5.74) is 1.19. The molecule has 0 saturated carbocycles. The summed E-state index contributed by atoms with van der Waals surface area (Å²) >= 11 is 0. The summed E-state index contributed by atoms with van der Waals surface area (Å²) in [5.74, 6) is -0.727. The van der Waals surface area contributed by atoms with Crippen molar-refractivity contribution >= 4 is 5.97 Å². The van der Waals surface area contributed by atoms with Crippen LogP contribution in [0.1, 0.15) is 52.1 Å². The molecule has 0 spiro atoms. The van der Waals surface area contributed by atoms with Crippen LogP contribution in [0.15, 0.2) is 12.4 Å². The molecule has 1 atom stereocenters. The van der Waals surface area contributed by atoms with Crippen molar-refractivity contribution in [2.45, 2.75) is 59.2 Å². The topological polar surface area (TPSA) is 58.4 Å². The van der Waals surface area contributed by atoms with E-state index in [2.05, 4.69) is 43.9 Å². The van der Waals surface area contributed by atoms with Crippen LogP contribution in [0.5, 0.6) is 0 Å². The number of hydrogen-bond donors (Lipinski definition) is 1. The predicted octanol–water partition coefficient (Wildman–Crippen LogP) is 2.54. The van der Waals surface area contributed by atoms with Gasteiger partial charge in [0.15, 0.2) is 0 Å². The van der Waals surface area contributed by atoms with Gasteiger partial charge in [-0.25, -0.2) is 0 Å². The molecule has 0 aromatic carbocycles. The number of carboxylic acid groups (broad SMARTS) is 1. The molecule has 5 nitrogen and oxygen atoms in total. The van der Waals surface area contributed by atoms with Crippen LogP contribution < -0.4 is 0 Å². The van der Waals surface area contributed by atoms with Crippen molar-refractivity contribution in [2.24, 2.45) is 0 Å². The van der Waals surface area contributed by atoms with Crippen LogP contribution in [-0.2, 0) is 11.3 Å². The molecule has 0 saturated heterocycles. The van der Waals surface area contributed by atoms with Gasteiger partial charge >= 0.3 is 5.97 Å². The van der Waals surface area contributed by atoms with E-state index in [0.717, 1.165) is 13.1 Å². The van der Waals surface area contributed by atoms with Gasteiger partial charge in [0.2, 0.25) is 0 Å². The zero-order valence-electron chi connectivity index (χ0n) is 12.3. The second-order valence-corrected chi connectivity index (χ2v) is 5.13. The lowest BCUT2D eigenvalue weighted by Gasteiger charge is -2.32. The highest BCUT2D eigenvalue weighted by atomic mass is 16.4. The molecule has 0 aliphatic carbocycles. The first-order valence-electron chi connectivity index (χ1n) is 6.95. The lowest BCUT2D eigenvalue weighted by atomic mass is 10.1. The number of aromatic nitrogens is 2. The molecule has 0 aliphatic rings. The number of carboxylic acids is 1. The van der Waals surface area contributed by atoms with E-state index in [4.69, 9.17) is 5.11 Å². The van der Waals surface area contributed by atoms with Crippen LogP contribution in [0.3, 0.4) is 0 Å². The summed E-state index contributed by atoms with van der Waals surface area (Å²) in [5, 5.41) is 13.0. The van der Waals surface area contributed by atoms with Gasteiger partial charge in [-0.15, -0.1) is 0 Å². The smallest absolute Gasteiger partial charge is 0.303 e. The van der Waals surface area contributed by atoms with Crippen LogP contribution >= 0.6 is 0 Å². The molecular formula is C14H25N3O2. The van der Waals surface area contributed by atoms with Crippen molar-refractivity contribution < 1.29 is 9.90 Å². The second-order valence-electron chi connectivity index (χ2n) is 5.13. The van der Waals surface area contributed by atoms with Crippen molar-refractivity contribution in [3.63, 3.8) is 0 Å². The van der Waals surface area contributed by atoms with Crippen LogP contribution in [0.4, 0.5) is 0 Å². The van der Waals surface area contributed by atoms with Crippen molar-refractivity contribution in [2.75, 3.05) is 6.54 Å². The van der Waals surface area contributed by atoms with Gasteiger partial charge in [-0.2, -0.15) is 5.10 Å². The number of carbonyl (C=O) groups is 1. The van der Waals surface area contributed by atoms with Gasteiger partial charge in [0.25, 0.3) is 0 Å². The second kappa shape index (κ2) is 7.28. The highest BCUT2D eigenvalue weighted by Gasteiger charge is 2.19. The van der Waals surface area contributed by atoms with Crippen LogP contribution in [0, 0.1) is 0 Å². The molecule has 0 fully saturated rings. The Morgan fingerprint density at radius 2 is 2.16 bits per heavy atom. The maximum absolute atomic E-state index is 10.6. The predicted molar refractivity (Wildman–Crippen MR) is 75.0 cm³/mol. The van der Waals surface area contributed by atoms with Gasteiger partial charge in [-0.3, -0.25) is 14.4 Å². The summed E-state index contributed by atoms with van der Waals surface area (Å²) in [6.07, 6.45) is 4.88. The fourth-order valence-corrected chi connectivity index (χ4v) is 2.27. The molecule has 0 radical (unpaired) electrons. The lowest BCUT2D eigenvalue weighted by molar-refractivity contribution is -0.137. The Bertz CT molecular complexity index is 401. The third-order valence-electron chi connectivity index (χ3n) is 3.43. The quantitative estimate of drug-likeness (QED) is 0.786. The summed E-state index contributed by atoms with van der Waals surface area (Å²) in [4.78, 5) is 12.9. The molecule has 0 aliphatic heterocycles. The monoisotopic (exact) mass is 267 g/mol. The van der Waals surface area contributed by atoms with Crippen LogP contribution in [0.2, 0.25) is 0 Å². The minimum absolute atomic E-state index is 0.226. The summed E-state index contributed by atoms with van der Waals surface area (Å²) in [7, 11) is 0. The molecule has 5 heteroatoms. The maximum atomic E-state index is 10.6. The summed E-state index contributed by atoms with van der Waals surface area (Å²) in [6, 6.07) is 0.642. The van der Waals surface area contributed by atoms with Gasteiger partial charge in [0, 0.05) is 36.8 Å². The van der Waals surface area contributed by atoms with E-state index in [1.165, 1.54) is 5.56 Å². The molecule has 19 heavy (non-hydrogen) atoms. The fraction of sp³-hybridized carbons (Fsp3) is 0.714. The van der Waals surface area contributed by atoms with Crippen molar-refractivity contribution in [1.29, 1.82) is 0 Å². The van der Waals surface area contributed by atoms with E-state index < -0.39 is 5.97 Å². The Morgan fingerprint density at radius 1 is 1.47 bits per heavy atom. The third kappa shape index (κ3) is 4.67. The lowest BCUT2D eigenvalue weighted by Crippen LogP contribution is -2.34. The average molecular weight is 267 g/mol.